The highest BCUT2D eigenvalue weighted by atomic mass is 32.2. The molecule has 3 rings (SSSR count). The molecule has 118 valence electrons. The zero-order valence-electron chi connectivity index (χ0n) is 13.6. The van der Waals surface area contributed by atoms with E-state index in [0.29, 0.717) is 5.92 Å². The van der Waals surface area contributed by atoms with Crippen molar-refractivity contribution >= 4 is 11.8 Å². The number of rotatable bonds is 5. The Hall–Kier alpha value is -2.14. The van der Waals surface area contributed by atoms with E-state index in [4.69, 9.17) is 0 Å². The topological polar surface area (TPSA) is 43.6 Å². The first-order chi connectivity index (χ1) is 11.1. The predicted octanol–water partition coefficient (Wildman–Crippen LogP) is 4.29. The second-order valence-electron chi connectivity index (χ2n) is 5.79. The van der Waals surface area contributed by atoms with Gasteiger partial charge in [-0.3, -0.25) is 4.98 Å². The molecule has 0 spiro atoms. The summed E-state index contributed by atoms with van der Waals surface area (Å²) >= 11 is 1.70. The van der Waals surface area contributed by atoms with Crippen LogP contribution in [0.3, 0.4) is 0 Å². The molecule has 0 saturated carbocycles. The second-order valence-corrected chi connectivity index (χ2v) is 6.73. The van der Waals surface area contributed by atoms with Crippen molar-refractivity contribution in [2.75, 3.05) is 0 Å². The van der Waals surface area contributed by atoms with E-state index in [1.54, 1.807) is 24.2 Å². The molecule has 0 bridgehead atoms. The minimum absolute atomic E-state index is 0.568. The molecule has 0 N–H and O–H groups in total. The standard InChI is InChI=1S/C18H20N4S/c1-13(2)15-6-4-14(5-7-15)12-23-18-21-20-17(22(18)3)16-8-10-19-11-9-16/h4-11,13H,12H2,1-3H3. The molecule has 2 heterocycles. The van der Waals surface area contributed by atoms with E-state index in [9.17, 15) is 0 Å². The molecule has 0 saturated heterocycles. The van der Waals surface area contributed by atoms with E-state index in [0.717, 1.165) is 22.3 Å². The van der Waals surface area contributed by atoms with Crippen molar-refractivity contribution in [1.82, 2.24) is 19.7 Å². The molecule has 4 nitrogen and oxygen atoms in total. The summed E-state index contributed by atoms with van der Waals surface area (Å²) in [5, 5.41) is 9.53. The quantitative estimate of drug-likeness (QED) is 0.657. The number of pyridine rings is 1. The Morgan fingerprint density at radius 3 is 2.35 bits per heavy atom. The van der Waals surface area contributed by atoms with Crippen LogP contribution in [0.4, 0.5) is 0 Å². The fraction of sp³-hybridized carbons (Fsp3) is 0.278. The summed E-state index contributed by atoms with van der Waals surface area (Å²) in [5.74, 6) is 2.32. The second kappa shape index (κ2) is 6.96. The van der Waals surface area contributed by atoms with Crippen molar-refractivity contribution in [1.29, 1.82) is 0 Å². The van der Waals surface area contributed by atoms with Gasteiger partial charge in [-0.15, -0.1) is 10.2 Å². The highest BCUT2D eigenvalue weighted by Gasteiger charge is 2.11. The summed E-state index contributed by atoms with van der Waals surface area (Å²) in [6.07, 6.45) is 3.54. The van der Waals surface area contributed by atoms with Gasteiger partial charge in [-0.25, -0.2) is 0 Å². The zero-order chi connectivity index (χ0) is 16.2. The summed E-state index contributed by atoms with van der Waals surface area (Å²) < 4.78 is 2.03. The van der Waals surface area contributed by atoms with Crippen LogP contribution in [0.15, 0.2) is 53.9 Å². The van der Waals surface area contributed by atoms with Crippen molar-refractivity contribution < 1.29 is 0 Å². The number of nitrogens with zero attached hydrogens (tertiary/aromatic N) is 4. The van der Waals surface area contributed by atoms with E-state index < -0.39 is 0 Å². The molecule has 3 aromatic rings. The lowest BCUT2D eigenvalue weighted by Crippen LogP contribution is -1.95. The molecule has 5 heteroatoms. The van der Waals surface area contributed by atoms with Gasteiger partial charge in [0.15, 0.2) is 11.0 Å². The maximum absolute atomic E-state index is 4.31. The molecule has 0 radical (unpaired) electrons. The molecule has 0 fully saturated rings. The molecular formula is C18H20N4S. The minimum atomic E-state index is 0.568. The van der Waals surface area contributed by atoms with E-state index in [2.05, 4.69) is 53.3 Å². The fourth-order valence-electron chi connectivity index (χ4n) is 2.34. The Kier molecular flexibility index (Phi) is 4.76. The minimum Gasteiger partial charge on any atom is -0.305 e. The monoisotopic (exact) mass is 324 g/mol. The third-order valence-corrected chi connectivity index (χ3v) is 4.88. The van der Waals surface area contributed by atoms with Crippen LogP contribution in [0, 0.1) is 0 Å². The summed E-state index contributed by atoms with van der Waals surface area (Å²) in [7, 11) is 2.00. The van der Waals surface area contributed by atoms with Gasteiger partial charge in [-0.05, 0) is 29.2 Å². The third kappa shape index (κ3) is 3.62. The Labute approximate surface area is 141 Å². The summed E-state index contributed by atoms with van der Waals surface area (Å²) in [6, 6.07) is 12.7. The predicted molar refractivity (Wildman–Crippen MR) is 94.3 cm³/mol. The van der Waals surface area contributed by atoms with E-state index in [1.807, 2.05) is 23.7 Å². The SMILES string of the molecule is CC(C)c1ccc(CSc2nnc(-c3ccncc3)n2C)cc1. The average molecular weight is 324 g/mol. The van der Waals surface area contributed by atoms with Crippen LogP contribution in [0.1, 0.15) is 30.9 Å². The Morgan fingerprint density at radius 2 is 1.70 bits per heavy atom. The van der Waals surface area contributed by atoms with Gasteiger partial charge in [0.05, 0.1) is 0 Å². The fourth-order valence-corrected chi connectivity index (χ4v) is 3.21. The van der Waals surface area contributed by atoms with Gasteiger partial charge in [0, 0.05) is 30.8 Å². The molecule has 23 heavy (non-hydrogen) atoms. The number of aromatic nitrogens is 4. The number of hydrogen-bond acceptors (Lipinski definition) is 4. The lowest BCUT2D eigenvalue weighted by Gasteiger charge is -2.07. The van der Waals surface area contributed by atoms with Crippen LogP contribution in [0.25, 0.3) is 11.4 Å². The van der Waals surface area contributed by atoms with Gasteiger partial charge in [0.1, 0.15) is 0 Å². The maximum Gasteiger partial charge on any atom is 0.191 e. The Morgan fingerprint density at radius 1 is 1.00 bits per heavy atom. The highest BCUT2D eigenvalue weighted by Crippen LogP contribution is 2.25. The first-order valence-electron chi connectivity index (χ1n) is 7.66. The van der Waals surface area contributed by atoms with E-state index in [1.165, 1.54) is 11.1 Å². The summed E-state index contributed by atoms with van der Waals surface area (Å²) in [4.78, 5) is 4.04. The van der Waals surface area contributed by atoms with Crippen molar-refractivity contribution in [3.8, 4) is 11.4 Å². The van der Waals surface area contributed by atoms with Crippen molar-refractivity contribution in [2.24, 2.45) is 7.05 Å². The molecule has 0 aliphatic heterocycles. The highest BCUT2D eigenvalue weighted by molar-refractivity contribution is 7.98. The van der Waals surface area contributed by atoms with Crippen molar-refractivity contribution in [3.63, 3.8) is 0 Å². The first-order valence-corrected chi connectivity index (χ1v) is 8.65. The van der Waals surface area contributed by atoms with E-state index in [-0.39, 0.29) is 0 Å². The van der Waals surface area contributed by atoms with Crippen molar-refractivity contribution in [3.05, 3.63) is 59.9 Å². The van der Waals surface area contributed by atoms with Crippen LogP contribution in [0.5, 0.6) is 0 Å². The average Bonchev–Trinajstić information content (AvgIpc) is 2.95. The molecular weight excluding hydrogens is 304 g/mol. The van der Waals surface area contributed by atoms with Gasteiger partial charge >= 0.3 is 0 Å². The lowest BCUT2D eigenvalue weighted by atomic mass is 10.0. The number of hydrogen-bond donors (Lipinski definition) is 0. The molecule has 0 aliphatic carbocycles. The van der Waals surface area contributed by atoms with Crippen LogP contribution in [0.2, 0.25) is 0 Å². The number of thioether (sulfide) groups is 1. The lowest BCUT2D eigenvalue weighted by molar-refractivity contribution is 0.793. The molecule has 0 aliphatic rings. The van der Waals surface area contributed by atoms with Gasteiger partial charge in [-0.2, -0.15) is 0 Å². The smallest absolute Gasteiger partial charge is 0.191 e. The normalized spacial score (nSPS) is 11.1. The summed E-state index contributed by atoms with van der Waals surface area (Å²) in [6.45, 7) is 4.42. The molecule has 0 unspecified atom stereocenters. The van der Waals surface area contributed by atoms with Crippen LogP contribution in [-0.4, -0.2) is 19.7 Å². The van der Waals surface area contributed by atoms with Gasteiger partial charge in [0.2, 0.25) is 0 Å². The van der Waals surface area contributed by atoms with Crippen LogP contribution >= 0.6 is 11.8 Å². The van der Waals surface area contributed by atoms with Crippen LogP contribution < -0.4 is 0 Å². The van der Waals surface area contributed by atoms with E-state index >= 15 is 0 Å². The van der Waals surface area contributed by atoms with Crippen molar-refractivity contribution in [2.45, 2.75) is 30.7 Å². The molecule has 0 amide bonds. The maximum atomic E-state index is 4.31. The molecule has 1 aromatic carbocycles. The summed E-state index contributed by atoms with van der Waals surface area (Å²) in [5.41, 5.74) is 3.70. The largest absolute Gasteiger partial charge is 0.305 e. The van der Waals surface area contributed by atoms with Gasteiger partial charge in [-0.1, -0.05) is 49.9 Å². The van der Waals surface area contributed by atoms with Crippen LogP contribution in [-0.2, 0) is 12.8 Å². The molecule has 0 atom stereocenters. The zero-order valence-corrected chi connectivity index (χ0v) is 14.4. The first kappa shape index (κ1) is 15.7. The molecule has 2 aromatic heterocycles. The van der Waals surface area contributed by atoms with Gasteiger partial charge in [0.25, 0.3) is 0 Å². The Balaban J connectivity index is 1.70. The Bertz CT molecular complexity index is 763. The van der Waals surface area contributed by atoms with Gasteiger partial charge < -0.3 is 4.57 Å². The third-order valence-electron chi connectivity index (χ3n) is 3.79. The number of benzene rings is 1.